The number of nitrogen functional groups attached to an aromatic ring is 1. The molecule has 0 fully saturated rings. The van der Waals surface area contributed by atoms with E-state index >= 15 is 0 Å². The van der Waals surface area contributed by atoms with E-state index in [2.05, 4.69) is 49.1 Å². The standard InChI is InChI=1S/C18H21N3/c1-12-7-8-15(18(19)20)17(10-12)21-11-13(2)9-14-5-3-4-6-16(14)21/h3-8,10,13H,9,11H2,1-2H3,(H3,19,20). The Morgan fingerprint density at radius 2 is 1.95 bits per heavy atom. The summed E-state index contributed by atoms with van der Waals surface area (Å²) in [6.45, 7) is 5.31. The molecule has 1 aliphatic heterocycles. The van der Waals surface area contributed by atoms with E-state index in [1.54, 1.807) is 0 Å². The highest BCUT2D eigenvalue weighted by Crippen LogP contribution is 2.37. The molecule has 0 radical (unpaired) electrons. The van der Waals surface area contributed by atoms with Crippen molar-refractivity contribution in [1.82, 2.24) is 0 Å². The van der Waals surface area contributed by atoms with Crippen LogP contribution in [-0.4, -0.2) is 12.4 Å². The number of hydrogen-bond donors (Lipinski definition) is 2. The van der Waals surface area contributed by atoms with E-state index in [0.717, 1.165) is 24.2 Å². The lowest BCUT2D eigenvalue weighted by molar-refractivity contribution is 0.562. The predicted octanol–water partition coefficient (Wildman–Crippen LogP) is 3.61. The normalized spacial score (nSPS) is 17.4. The number of rotatable bonds is 2. The minimum atomic E-state index is 0.126. The second kappa shape index (κ2) is 5.24. The third-order valence-electron chi connectivity index (χ3n) is 4.08. The molecule has 21 heavy (non-hydrogen) atoms. The summed E-state index contributed by atoms with van der Waals surface area (Å²) in [6, 6.07) is 14.6. The number of anilines is 2. The molecule has 108 valence electrons. The first-order chi connectivity index (χ1) is 10.1. The lowest BCUT2D eigenvalue weighted by atomic mass is 9.92. The van der Waals surface area contributed by atoms with Crippen molar-refractivity contribution in [2.24, 2.45) is 11.7 Å². The SMILES string of the molecule is Cc1ccc(C(=N)N)c(N2CC(C)Cc3ccccc32)c1. The number of nitrogens with one attached hydrogen (secondary N) is 1. The number of nitrogens with two attached hydrogens (primary N) is 1. The summed E-state index contributed by atoms with van der Waals surface area (Å²) < 4.78 is 0. The van der Waals surface area contributed by atoms with Crippen LogP contribution in [0.2, 0.25) is 0 Å². The molecule has 0 saturated carbocycles. The molecule has 1 unspecified atom stereocenters. The van der Waals surface area contributed by atoms with Crippen molar-refractivity contribution in [2.75, 3.05) is 11.4 Å². The van der Waals surface area contributed by atoms with Crippen LogP contribution < -0.4 is 10.6 Å². The van der Waals surface area contributed by atoms with Crippen LogP contribution in [0, 0.1) is 18.3 Å². The van der Waals surface area contributed by atoms with Gasteiger partial charge in [0.05, 0.1) is 5.69 Å². The van der Waals surface area contributed by atoms with E-state index in [4.69, 9.17) is 11.1 Å². The lowest BCUT2D eigenvalue weighted by Gasteiger charge is -2.36. The number of fused-ring (bicyclic) bond motifs is 1. The van der Waals surface area contributed by atoms with E-state index in [1.807, 2.05) is 12.1 Å². The van der Waals surface area contributed by atoms with Gasteiger partial charge in [0.1, 0.15) is 5.84 Å². The maximum Gasteiger partial charge on any atom is 0.124 e. The van der Waals surface area contributed by atoms with Gasteiger partial charge >= 0.3 is 0 Å². The fourth-order valence-corrected chi connectivity index (χ4v) is 3.12. The van der Waals surface area contributed by atoms with Gasteiger partial charge in [-0.1, -0.05) is 31.2 Å². The van der Waals surface area contributed by atoms with Gasteiger partial charge in [0.2, 0.25) is 0 Å². The molecule has 3 heteroatoms. The largest absolute Gasteiger partial charge is 0.384 e. The first-order valence-corrected chi connectivity index (χ1v) is 7.36. The van der Waals surface area contributed by atoms with E-state index in [9.17, 15) is 0 Å². The van der Waals surface area contributed by atoms with Gasteiger partial charge < -0.3 is 10.6 Å². The van der Waals surface area contributed by atoms with Crippen LogP contribution in [0.4, 0.5) is 11.4 Å². The Kier molecular flexibility index (Phi) is 3.42. The molecule has 1 aliphatic rings. The first kappa shape index (κ1) is 13.7. The van der Waals surface area contributed by atoms with Crippen LogP contribution in [0.3, 0.4) is 0 Å². The highest BCUT2D eigenvalue weighted by Gasteiger charge is 2.24. The van der Waals surface area contributed by atoms with Crippen molar-refractivity contribution in [3.05, 3.63) is 59.2 Å². The molecule has 3 rings (SSSR count). The Hall–Kier alpha value is -2.29. The summed E-state index contributed by atoms with van der Waals surface area (Å²) >= 11 is 0. The highest BCUT2D eigenvalue weighted by molar-refractivity contribution is 6.01. The summed E-state index contributed by atoms with van der Waals surface area (Å²) in [5.41, 5.74) is 11.4. The van der Waals surface area contributed by atoms with Gasteiger partial charge in [-0.15, -0.1) is 0 Å². The summed E-state index contributed by atoms with van der Waals surface area (Å²) in [6.07, 6.45) is 1.11. The van der Waals surface area contributed by atoms with Gasteiger partial charge in [0, 0.05) is 17.8 Å². The molecule has 1 heterocycles. The second-order valence-electron chi connectivity index (χ2n) is 5.98. The van der Waals surface area contributed by atoms with Gasteiger partial charge in [0.15, 0.2) is 0 Å². The van der Waals surface area contributed by atoms with Crippen LogP contribution in [0.25, 0.3) is 0 Å². The number of para-hydroxylation sites is 1. The van der Waals surface area contributed by atoms with Crippen LogP contribution in [0.5, 0.6) is 0 Å². The topological polar surface area (TPSA) is 53.1 Å². The molecule has 0 aromatic heterocycles. The molecule has 0 spiro atoms. The minimum absolute atomic E-state index is 0.126. The smallest absolute Gasteiger partial charge is 0.124 e. The van der Waals surface area contributed by atoms with Gasteiger partial charge in [-0.05, 0) is 48.6 Å². The van der Waals surface area contributed by atoms with Crippen LogP contribution in [0.1, 0.15) is 23.6 Å². The van der Waals surface area contributed by atoms with E-state index in [-0.39, 0.29) is 5.84 Å². The number of aryl methyl sites for hydroxylation is 1. The zero-order valence-corrected chi connectivity index (χ0v) is 12.6. The van der Waals surface area contributed by atoms with Crippen molar-refractivity contribution in [3.8, 4) is 0 Å². The molecule has 2 aromatic rings. The van der Waals surface area contributed by atoms with Crippen LogP contribution in [-0.2, 0) is 6.42 Å². The summed E-state index contributed by atoms with van der Waals surface area (Å²) in [5, 5.41) is 7.85. The van der Waals surface area contributed by atoms with Gasteiger partial charge in [-0.3, -0.25) is 5.41 Å². The summed E-state index contributed by atoms with van der Waals surface area (Å²) in [4.78, 5) is 2.31. The molecule has 0 saturated heterocycles. The average molecular weight is 279 g/mol. The lowest BCUT2D eigenvalue weighted by Crippen LogP contribution is -2.32. The molecule has 1 atom stereocenters. The summed E-state index contributed by atoms with van der Waals surface area (Å²) in [7, 11) is 0. The Labute approximate surface area is 125 Å². The van der Waals surface area contributed by atoms with Crippen LogP contribution in [0.15, 0.2) is 42.5 Å². The van der Waals surface area contributed by atoms with Gasteiger partial charge in [-0.25, -0.2) is 0 Å². The third-order valence-corrected chi connectivity index (χ3v) is 4.08. The highest BCUT2D eigenvalue weighted by atomic mass is 15.2. The molecular weight excluding hydrogens is 258 g/mol. The number of benzene rings is 2. The fraction of sp³-hybridized carbons (Fsp3) is 0.278. The molecular formula is C18H21N3. The van der Waals surface area contributed by atoms with Crippen molar-refractivity contribution in [2.45, 2.75) is 20.3 Å². The van der Waals surface area contributed by atoms with Crippen molar-refractivity contribution >= 4 is 17.2 Å². The average Bonchev–Trinajstić information content (AvgIpc) is 2.45. The maximum atomic E-state index is 7.85. The van der Waals surface area contributed by atoms with Crippen LogP contribution >= 0.6 is 0 Å². The number of nitrogens with zero attached hydrogens (tertiary/aromatic N) is 1. The monoisotopic (exact) mass is 279 g/mol. The maximum absolute atomic E-state index is 7.85. The quantitative estimate of drug-likeness (QED) is 0.652. The number of hydrogen-bond acceptors (Lipinski definition) is 2. The van der Waals surface area contributed by atoms with E-state index in [0.29, 0.717) is 5.92 Å². The van der Waals surface area contributed by atoms with Gasteiger partial charge in [-0.2, -0.15) is 0 Å². The van der Waals surface area contributed by atoms with Crippen molar-refractivity contribution < 1.29 is 0 Å². The summed E-state index contributed by atoms with van der Waals surface area (Å²) in [5.74, 6) is 0.709. The minimum Gasteiger partial charge on any atom is -0.384 e. The molecule has 0 bridgehead atoms. The zero-order chi connectivity index (χ0) is 15.0. The molecule has 2 aromatic carbocycles. The Morgan fingerprint density at radius 3 is 2.71 bits per heavy atom. The van der Waals surface area contributed by atoms with Crippen molar-refractivity contribution in [3.63, 3.8) is 0 Å². The molecule has 3 N–H and O–H groups in total. The zero-order valence-electron chi connectivity index (χ0n) is 12.6. The second-order valence-corrected chi connectivity index (χ2v) is 5.98. The number of amidine groups is 1. The van der Waals surface area contributed by atoms with Crippen molar-refractivity contribution in [1.29, 1.82) is 5.41 Å². The molecule has 3 nitrogen and oxygen atoms in total. The Balaban J connectivity index is 2.17. The van der Waals surface area contributed by atoms with E-state index in [1.165, 1.54) is 16.8 Å². The fourth-order valence-electron chi connectivity index (χ4n) is 3.12. The third kappa shape index (κ3) is 2.51. The Morgan fingerprint density at radius 1 is 1.19 bits per heavy atom. The van der Waals surface area contributed by atoms with Gasteiger partial charge in [0.25, 0.3) is 0 Å². The molecule has 0 aliphatic carbocycles. The molecule has 0 amide bonds. The first-order valence-electron chi connectivity index (χ1n) is 7.36. The Bertz CT molecular complexity index is 691. The van der Waals surface area contributed by atoms with E-state index < -0.39 is 0 Å². The predicted molar refractivity (Wildman–Crippen MR) is 88.5 cm³/mol.